The molecule has 1 rings (SSSR count). The van der Waals surface area contributed by atoms with Gasteiger partial charge in [0.15, 0.2) is 0 Å². The molecular formula is C13H19NO4. The van der Waals surface area contributed by atoms with Crippen molar-refractivity contribution in [3.05, 3.63) is 23.3 Å². The molecule has 1 aromatic rings. The van der Waals surface area contributed by atoms with Gasteiger partial charge in [-0.25, -0.2) is 0 Å². The molecule has 18 heavy (non-hydrogen) atoms. The number of carboxylic acids is 1. The number of hydrogen-bond donors (Lipinski definition) is 2. The summed E-state index contributed by atoms with van der Waals surface area (Å²) in [5.41, 5.74) is 1.79. The molecule has 0 spiro atoms. The largest absolute Gasteiger partial charge is 0.497 e. The highest BCUT2D eigenvalue weighted by Gasteiger charge is 2.20. The normalized spacial score (nSPS) is 12.0. The Kier molecular flexibility index (Phi) is 4.97. The average Bonchev–Trinajstić information content (AvgIpc) is 2.35. The van der Waals surface area contributed by atoms with Crippen LogP contribution >= 0.6 is 0 Å². The Morgan fingerprint density at radius 2 is 2.06 bits per heavy atom. The van der Waals surface area contributed by atoms with Crippen LogP contribution in [0.25, 0.3) is 0 Å². The predicted octanol–water partition coefficient (Wildman–Crippen LogP) is 1.75. The van der Waals surface area contributed by atoms with Crippen molar-refractivity contribution < 1.29 is 19.4 Å². The van der Waals surface area contributed by atoms with E-state index in [9.17, 15) is 4.79 Å². The zero-order chi connectivity index (χ0) is 13.7. The number of carboxylic acid groups (broad SMARTS) is 1. The number of methoxy groups -OCH3 is 2. The third-order valence-electron chi connectivity index (χ3n) is 2.85. The topological polar surface area (TPSA) is 67.8 Å². The van der Waals surface area contributed by atoms with Crippen LogP contribution in [0.1, 0.15) is 23.6 Å². The van der Waals surface area contributed by atoms with Gasteiger partial charge in [-0.2, -0.15) is 0 Å². The molecule has 100 valence electrons. The van der Waals surface area contributed by atoms with Gasteiger partial charge in [-0.3, -0.25) is 4.79 Å². The van der Waals surface area contributed by atoms with Gasteiger partial charge in [0.2, 0.25) is 0 Å². The van der Waals surface area contributed by atoms with Crippen LogP contribution in [0.2, 0.25) is 0 Å². The Hall–Kier alpha value is -1.75. The number of ether oxygens (including phenoxy) is 2. The van der Waals surface area contributed by atoms with Gasteiger partial charge >= 0.3 is 5.97 Å². The molecule has 0 amide bonds. The lowest BCUT2D eigenvalue weighted by Crippen LogP contribution is -2.21. The lowest BCUT2D eigenvalue weighted by Gasteiger charge is -2.21. The molecule has 0 saturated carbocycles. The van der Waals surface area contributed by atoms with Crippen LogP contribution < -0.4 is 14.8 Å². The molecule has 0 aliphatic rings. The number of aryl methyl sites for hydroxylation is 1. The van der Waals surface area contributed by atoms with E-state index in [-0.39, 0.29) is 12.5 Å². The average molecular weight is 253 g/mol. The van der Waals surface area contributed by atoms with Crippen LogP contribution in [0.3, 0.4) is 0 Å². The lowest BCUT2D eigenvalue weighted by atomic mass is 9.97. The Morgan fingerprint density at radius 1 is 1.39 bits per heavy atom. The summed E-state index contributed by atoms with van der Waals surface area (Å²) in [5, 5.41) is 11.9. The molecule has 5 nitrogen and oxygen atoms in total. The highest BCUT2D eigenvalue weighted by atomic mass is 16.5. The third-order valence-corrected chi connectivity index (χ3v) is 2.85. The molecule has 0 radical (unpaired) electrons. The summed E-state index contributed by atoms with van der Waals surface area (Å²) in [7, 11) is 4.88. The van der Waals surface area contributed by atoms with E-state index in [0.717, 1.165) is 11.1 Å². The highest BCUT2D eigenvalue weighted by molar-refractivity contribution is 5.68. The fourth-order valence-corrected chi connectivity index (χ4v) is 1.99. The van der Waals surface area contributed by atoms with E-state index in [1.165, 1.54) is 0 Å². The molecule has 0 saturated heterocycles. The fourth-order valence-electron chi connectivity index (χ4n) is 1.99. The number of aliphatic carboxylic acids is 1. The summed E-state index contributed by atoms with van der Waals surface area (Å²) in [6.07, 6.45) is 0.0000286. The summed E-state index contributed by atoms with van der Waals surface area (Å²) in [4.78, 5) is 10.9. The first-order valence-electron chi connectivity index (χ1n) is 5.65. The number of rotatable bonds is 6. The number of benzene rings is 1. The summed E-state index contributed by atoms with van der Waals surface area (Å²) in [6.45, 7) is 1.91. The van der Waals surface area contributed by atoms with Crippen molar-refractivity contribution in [2.75, 3.05) is 21.3 Å². The number of hydrogen-bond acceptors (Lipinski definition) is 4. The molecule has 0 aliphatic heterocycles. The van der Waals surface area contributed by atoms with Crippen molar-refractivity contribution in [3.8, 4) is 11.5 Å². The van der Waals surface area contributed by atoms with E-state index >= 15 is 0 Å². The van der Waals surface area contributed by atoms with E-state index in [4.69, 9.17) is 14.6 Å². The minimum Gasteiger partial charge on any atom is -0.497 e. The summed E-state index contributed by atoms with van der Waals surface area (Å²) in [5.74, 6) is 0.470. The first-order chi connectivity index (χ1) is 8.53. The van der Waals surface area contributed by atoms with Gasteiger partial charge in [0, 0.05) is 17.7 Å². The maximum Gasteiger partial charge on any atom is 0.305 e. The Morgan fingerprint density at radius 3 is 2.50 bits per heavy atom. The van der Waals surface area contributed by atoms with Crippen molar-refractivity contribution in [2.24, 2.45) is 0 Å². The number of nitrogens with one attached hydrogen (secondary N) is 1. The first kappa shape index (κ1) is 14.3. The van der Waals surface area contributed by atoms with Crippen LogP contribution in [-0.2, 0) is 4.79 Å². The summed E-state index contributed by atoms with van der Waals surface area (Å²) < 4.78 is 10.5. The van der Waals surface area contributed by atoms with Crippen LogP contribution in [0, 0.1) is 6.92 Å². The second-order valence-corrected chi connectivity index (χ2v) is 4.00. The first-order valence-corrected chi connectivity index (χ1v) is 5.65. The SMILES string of the molecule is CNC(CC(=O)O)c1c(C)cc(OC)cc1OC. The van der Waals surface area contributed by atoms with Crippen molar-refractivity contribution in [1.29, 1.82) is 0 Å². The molecule has 1 aromatic carbocycles. The minimum atomic E-state index is -0.855. The lowest BCUT2D eigenvalue weighted by molar-refractivity contribution is -0.137. The van der Waals surface area contributed by atoms with Crippen LogP contribution in [0.4, 0.5) is 0 Å². The van der Waals surface area contributed by atoms with Gasteiger partial charge < -0.3 is 19.9 Å². The second-order valence-electron chi connectivity index (χ2n) is 4.00. The van der Waals surface area contributed by atoms with Crippen LogP contribution in [0.5, 0.6) is 11.5 Å². The van der Waals surface area contributed by atoms with E-state index < -0.39 is 5.97 Å². The van der Waals surface area contributed by atoms with Gasteiger partial charge in [-0.1, -0.05) is 0 Å². The second kappa shape index (κ2) is 6.26. The summed E-state index contributed by atoms with van der Waals surface area (Å²) in [6, 6.07) is 3.34. The van der Waals surface area contributed by atoms with Crippen molar-refractivity contribution in [1.82, 2.24) is 5.32 Å². The third kappa shape index (κ3) is 3.13. The quantitative estimate of drug-likeness (QED) is 0.808. The minimum absolute atomic E-state index is 0.0000286. The Balaban J connectivity index is 3.23. The van der Waals surface area contributed by atoms with Crippen LogP contribution in [-0.4, -0.2) is 32.3 Å². The van der Waals surface area contributed by atoms with Gasteiger partial charge in [-0.15, -0.1) is 0 Å². The summed E-state index contributed by atoms with van der Waals surface area (Å²) >= 11 is 0. The molecule has 0 bridgehead atoms. The van der Waals surface area contributed by atoms with E-state index in [0.29, 0.717) is 11.5 Å². The molecule has 1 unspecified atom stereocenters. The zero-order valence-electron chi connectivity index (χ0n) is 11.1. The Bertz CT molecular complexity index is 431. The monoisotopic (exact) mass is 253 g/mol. The molecule has 0 aliphatic carbocycles. The fraction of sp³-hybridized carbons (Fsp3) is 0.462. The van der Waals surface area contributed by atoms with E-state index in [2.05, 4.69) is 5.32 Å². The molecule has 0 aromatic heterocycles. The van der Waals surface area contributed by atoms with Crippen LogP contribution in [0.15, 0.2) is 12.1 Å². The Labute approximate surface area is 107 Å². The van der Waals surface area contributed by atoms with Crippen molar-refractivity contribution in [2.45, 2.75) is 19.4 Å². The van der Waals surface area contributed by atoms with Gasteiger partial charge in [0.05, 0.1) is 20.6 Å². The van der Waals surface area contributed by atoms with Gasteiger partial charge in [-0.05, 0) is 25.6 Å². The smallest absolute Gasteiger partial charge is 0.305 e. The van der Waals surface area contributed by atoms with Gasteiger partial charge in [0.25, 0.3) is 0 Å². The van der Waals surface area contributed by atoms with Gasteiger partial charge in [0.1, 0.15) is 11.5 Å². The highest BCUT2D eigenvalue weighted by Crippen LogP contribution is 2.34. The molecule has 1 atom stereocenters. The molecule has 0 fully saturated rings. The maximum absolute atomic E-state index is 10.9. The molecule has 5 heteroatoms. The molecule has 0 heterocycles. The standard InChI is InChI=1S/C13H19NO4/c1-8-5-9(17-3)6-11(18-4)13(8)10(14-2)7-12(15)16/h5-6,10,14H,7H2,1-4H3,(H,15,16). The molecular weight excluding hydrogens is 234 g/mol. The molecule has 2 N–H and O–H groups in total. The predicted molar refractivity (Wildman–Crippen MR) is 68.3 cm³/mol. The van der Waals surface area contributed by atoms with Crippen molar-refractivity contribution >= 4 is 5.97 Å². The zero-order valence-corrected chi connectivity index (χ0v) is 11.1. The van der Waals surface area contributed by atoms with Crippen molar-refractivity contribution in [3.63, 3.8) is 0 Å². The number of carbonyl (C=O) groups is 1. The maximum atomic E-state index is 10.9. The van der Waals surface area contributed by atoms with E-state index in [1.807, 2.05) is 13.0 Å². The van der Waals surface area contributed by atoms with E-state index in [1.54, 1.807) is 27.3 Å².